The largest absolute Gasteiger partial charge is 0.479 e. The molecule has 1 aliphatic heterocycles. The summed E-state index contributed by atoms with van der Waals surface area (Å²) in [6.45, 7) is 6.90. The summed E-state index contributed by atoms with van der Waals surface area (Å²) in [5.74, 6) is 5.37. The van der Waals surface area contributed by atoms with Gasteiger partial charge in [0.1, 0.15) is 35.6 Å². The fraction of sp³-hybridized carbons (Fsp3) is 0.423. The Morgan fingerprint density at radius 1 is 1.41 bits per heavy atom. The summed E-state index contributed by atoms with van der Waals surface area (Å²) >= 11 is 0. The van der Waals surface area contributed by atoms with Crippen molar-refractivity contribution in [3.63, 3.8) is 0 Å². The zero-order chi connectivity index (χ0) is 24.7. The molecule has 0 saturated heterocycles. The second kappa shape index (κ2) is 8.73. The molecule has 2 heterocycles. The Labute approximate surface area is 198 Å². The van der Waals surface area contributed by atoms with Gasteiger partial charge >= 0.3 is 0 Å². The number of nitrogens with two attached hydrogens (primary N) is 1. The smallest absolute Gasteiger partial charge is 0.283 e. The molecule has 1 saturated carbocycles. The molecule has 0 spiro atoms. The van der Waals surface area contributed by atoms with E-state index in [4.69, 9.17) is 15.2 Å². The highest BCUT2D eigenvalue weighted by molar-refractivity contribution is 5.97. The summed E-state index contributed by atoms with van der Waals surface area (Å²) < 4.78 is 25.8. The van der Waals surface area contributed by atoms with Gasteiger partial charge in [-0.3, -0.25) is 4.79 Å². The predicted molar refractivity (Wildman–Crippen MR) is 125 cm³/mol. The van der Waals surface area contributed by atoms with E-state index in [1.165, 1.54) is 12.3 Å². The van der Waals surface area contributed by atoms with E-state index in [9.17, 15) is 14.3 Å². The van der Waals surface area contributed by atoms with Gasteiger partial charge in [-0.05, 0) is 63.4 Å². The molecule has 3 N–H and O–H groups in total. The lowest BCUT2D eigenvalue weighted by atomic mass is 9.85. The number of amidine groups is 1. The van der Waals surface area contributed by atoms with Gasteiger partial charge in [-0.15, -0.1) is 0 Å². The van der Waals surface area contributed by atoms with Crippen molar-refractivity contribution in [1.29, 1.82) is 0 Å². The first-order valence-corrected chi connectivity index (χ1v) is 11.1. The maximum Gasteiger partial charge on any atom is 0.283 e. The van der Waals surface area contributed by atoms with Crippen LogP contribution in [0.3, 0.4) is 0 Å². The average Bonchev–Trinajstić information content (AvgIpc) is 3.52. The van der Waals surface area contributed by atoms with Crippen LogP contribution in [0.1, 0.15) is 54.4 Å². The quantitative estimate of drug-likeness (QED) is 0.502. The van der Waals surface area contributed by atoms with Gasteiger partial charge in [0, 0.05) is 17.9 Å². The van der Waals surface area contributed by atoms with E-state index < -0.39 is 11.1 Å². The maximum atomic E-state index is 14.8. The Balaban J connectivity index is 1.48. The molecular formula is C26H28FN3O4. The van der Waals surface area contributed by atoms with Gasteiger partial charge in [0.2, 0.25) is 0 Å². The number of aromatic nitrogens is 1. The van der Waals surface area contributed by atoms with Crippen molar-refractivity contribution in [3.8, 4) is 17.6 Å². The molecule has 8 heteroatoms. The van der Waals surface area contributed by atoms with E-state index in [-0.39, 0.29) is 42.7 Å². The molecule has 7 nitrogen and oxygen atoms in total. The van der Waals surface area contributed by atoms with Crippen LogP contribution in [0.25, 0.3) is 0 Å². The van der Waals surface area contributed by atoms with Crippen LogP contribution >= 0.6 is 0 Å². The van der Waals surface area contributed by atoms with Crippen molar-refractivity contribution in [2.75, 3.05) is 6.61 Å². The molecule has 178 valence electrons. The molecule has 1 aromatic heterocycles. The van der Waals surface area contributed by atoms with Gasteiger partial charge in [0.05, 0.1) is 11.7 Å². The summed E-state index contributed by atoms with van der Waals surface area (Å²) in [6, 6.07) is 6.45. The van der Waals surface area contributed by atoms with E-state index in [2.05, 4.69) is 21.8 Å². The highest BCUT2D eigenvalue weighted by atomic mass is 19.1. The molecule has 0 unspecified atom stereocenters. The van der Waals surface area contributed by atoms with Crippen molar-refractivity contribution in [2.45, 2.75) is 57.8 Å². The number of aliphatic hydroxyl groups is 1. The van der Waals surface area contributed by atoms with E-state index in [1.54, 1.807) is 39.0 Å². The average molecular weight is 466 g/mol. The number of ketones is 1. The molecule has 1 fully saturated rings. The van der Waals surface area contributed by atoms with Crippen LogP contribution in [0.5, 0.6) is 5.75 Å². The highest BCUT2D eigenvalue weighted by Gasteiger charge is 2.57. The molecule has 1 aromatic carbocycles. The van der Waals surface area contributed by atoms with Crippen molar-refractivity contribution < 1.29 is 23.8 Å². The Hall–Kier alpha value is -3.44. The molecule has 3 atom stereocenters. The molecular weight excluding hydrogens is 437 g/mol. The SMILES string of the molecule is Cc1cc(OCC#CC(C)(C)O)cnc1C(=O)Cc1ccc(F)c([C@@]2(C)N=C(N)O[C@H]3C[C@H]32)c1. The van der Waals surface area contributed by atoms with E-state index in [1.807, 2.05) is 6.92 Å². The molecule has 2 aliphatic rings. The lowest BCUT2D eigenvalue weighted by molar-refractivity contribution is 0.0987. The highest BCUT2D eigenvalue weighted by Crippen LogP contribution is 2.53. The van der Waals surface area contributed by atoms with Crippen LogP contribution < -0.4 is 10.5 Å². The number of halogens is 1. The van der Waals surface area contributed by atoms with E-state index in [0.29, 0.717) is 28.1 Å². The third-order valence-electron chi connectivity index (χ3n) is 6.03. The standard InChI is InChI=1S/C26H28FN3O4/c1-15-10-17(33-9-5-8-25(2,3)32)14-29-23(15)21(31)12-16-6-7-20(27)18(11-16)26(4)19-13-22(19)34-24(28)30-26/h6-7,10-11,14,19,22,32H,9,12-13H2,1-4H3,(H2,28,30)/t19-,22+,26-/m1/s1. The summed E-state index contributed by atoms with van der Waals surface area (Å²) in [5, 5.41) is 9.61. The summed E-state index contributed by atoms with van der Waals surface area (Å²) in [4.78, 5) is 21.7. The molecule has 34 heavy (non-hydrogen) atoms. The number of rotatable bonds is 6. The number of aryl methyl sites for hydroxylation is 1. The van der Waals surface area contributed by atoms with Crippen LogP contribution in [-0.2, 0) is 16.7 Å². The van der Waals surface area contributed by atoms with Crippen molar-refractivity contribution >= 4 is 11.8 Å². The first-order chi connectivity index (χ1) is 16.0. The summed E-state index contributed by atoms with van der Waals surface area (Å²) in [6.07, 6.45) is 2.26. The number of carbonyl (C=O) groups is 1. The molecule has 0 bridgehead atoms. The third-order valence-corrected chi connectivity index (χ3v) is 6.03. The second-order valence-electron chi connectivity index (χ2n) is 9.50. The van der Waals surface area contributed by atoms with Gasteiger partial charge in [0.25, 0.3) is 6.02 Å². The van der Waals surface area contributed by atoms with E-state index in [0.717, 1.165) is 6.42 Å². The third kappa shape index (κ3) is 5.05. The van der Waals surface area contributed by atoms with E-state index >= 15 is 0 Å². The number of ether oxygens (including phenoxy) is 2. The fourth-order valence-electron chi connectivity index (χ4n) is 4.28. The second-order valence-corrected chi connectivity index (χ2v) is 9.50. The lowest BCUT2D eigenvalue weighted by Gasteiger charge is -2.30. The van der Waals surface area contributed by atoms with Gasteiger partial charge in [-0.25, -0.2) is 14.4 Å². The fourth-order valence-corrected chi connectivity index (χ4v) is 4.28. The summed E-state index contributed by atoms with van der Waals surface area (Å²) in [5.41, 5.74) is 5.97. The number of benzene rings is 1. The number of nitrogens with zero attached hydrogens (tertiary/aromatic N) is 2. The molecule has 2 aromatic rings. The normalized spacial score (nSPS) is 23.1. The van der Waals surface area contributed by atoms with Crippen molar-refractivity contribution in [3.05, 3.63) is 58.7 Å². The zero-order valence-electron chi connectivity index (χ0n) is 19.7. The lowest BCUT2D eigenvalue weighted by Crippen LogP contribution is -2.35. The van der Waals surface area contributed by atoms with Gasteiger partial charge in [-0.2, -0.15) is 0 Å². The van der Waals surface area contributed by atoms with Crippen LogP contribution in [0, 0.1) is 30.5 Å². The van der Waals surface area contributed by atoms with Crippen molar-refractivity contribution in [2.24, 2.45) is 16.6 Å². The number of fused-ring (bicyclic) bond motifs is 1. The monoisotopic (exact) mass is 465 g/mol. The molecule has 1 aliphatic carbocycles. The minimum atomic E-state index is -1.09. The van der Waals surface area contributed by atoms with Crippen LogP contribution in [0.2, 0.25) is 0 Å². The van der Waals surface area contributed by atoms with Gasteiger partial charge in [-0.1, -0.05) is 17.9 Å². The Bertz CT molecular complexity index is 1220. The Morgan fingerprint density at radius 2 is 2.18 bits per heavy atom. The number of Topliss-reactive ketones (excluding diaryl/α,β-unsaturated/α-hetero) is 1. The minimum absolute atomic E-state index is 0.0409. The van der Waals surface area contributed by atoms with Crippen LogP contribution in [-0.4, -0.2) is 40.2 Å². The van der Waals surface area contributed by atoms with Gasteiger partial charge in [0.15, 0.2) is 5.78 Å². The molecule has 0 amide bonds. The van der Waals surface area contributed by atoms with Gasteiger partial charge < -0.3 is 20.3 Å². The first kappa shape index (κ1) is 23.7. The number of hydrogen-bond acceptors (Lipinski definition) is 7. The van der Waals surface area contributed by atoms with Crippen molar-refractivity contribution in [1.82, 2.24) is 4.98 Å². The molecule has 4 rings (SSSR count). The van der Waals surface area contributed by atoms with Crippen LogP contribution in [0.4, 0.5) is 4.39 Å². The Morgan fingerprint density at radius 3 is 2.88 bits per heavy atom. The Kier molecular flexibility index (Phi) is 6.09. The summed E-state index contributed by atoms with van der Waals surface area (Å²) in [7, 11) is 0. The number of carbonyl (C=O) groups excluding carboxylic acids is 1. The molecule has 0 radical (unpaired) electrons. The topological polar surface area (TPSA) is 107 Å². The maximum absolute atomic E-state index is 14.8. The van der Waals surface area contributed by atoms with Crippen LogP contribution in [0.15, 0.2) is 35.5 Å². The minimum Gasteiger partial charge on any atom is -0.479 e. The predicted octanol–water partition coefficient (Wildman–Crippen LogP) is 3.06. The zero-order valence-corrected chi connectivity index (χ0v) is 19.7. The number of pyridine rings is 1. The first-order valence-electron chi connectivity index (χ1n) is 11.1. The number of aliphatic imine (C=N–C) groups is 1. The number of hydrogen-bond donors (Lipinski definition) is 2.